The van der Waals surface area contributed by atoms with Gasteiger partial charge in [-0.3, -0.25) is 0 Å². The third kappa shape index (κ3) is 133. The zero-order chi connectivity index (χ0) is 19.4. The van der Waals surface area contributed by atoms with Crippen LogP contribution in [0.1, 0.15) is 19.3 Å². The summed E-state index contributed by atoms with van der Waals surface area (Å²) in [6.07, 6.45) is 3.89. The van der Waals surface area contributed by atoms with Crippen molar-refractivity contribution in [3.05, 3.63) is 0 Å². The molecule has 1 saturated heterocycles. The zero-order valence-electron chi connectivity index (χ0n) is 12.5. The Bertz CT molecular complexity index is 160. The first-order valence-electron chi connectivity index (χ1n) is 6.11. The van der Waals surface area contributed by atoms with Gasteiger partial charge in [-0.2, -0.15) is 0 Å². The van der Waals surface area contributed by atoms with Crippen LogP contribution in [0.5, 0.6) is 0 Å². The Kier molecular flexibility index (Phi) is 33.3. The number of ether oxygens (including phenoxy) is 1. The van der Waals surface area contributed by atoms with Crippen molar-refractivity contribution in [2.24, 2.45) is 0 Å². The van der Waals surface area contributed by atoms with E-state index in [0.29, 0.717) is 4.78 Å². The van der Waals surface area contributed by atoms with E-state index in [9.17, 15) is 0 Å². The van der Waals surface area contributed by atoms with E-state index in [1.165, 1.54) is 19.3 Å². The molecule has 0 aliphatic carbocycles. The fraction of sp³-hybridized carbons (Fsp3) is 1.00. The molecule has 13 nitrogen and oxygen atoms in total. The topological polar surface area (TPSA) is 252 Å². The predicted octanol–water partition coefficient (Wildman–Crippen LogP) is -7.53. The van der Waals surface area contributed by atoms with Crippen molar-refractivity contribution in [1.82, 2.24) is 0 Å². The summed E-state index contributed by atoms with van der Waals surface area (Å²) in [7, 11) is -8.67. The summed E-state index contributed by atoms with van der Waals surface area (Å²) >= 11 is 2.14. The summed E-state index contributed by atoms with van der Waals surface area (Å²) in [5.74, 6) is 0. The van der Waals surface area contributed by atoms with Crippen LogP contribution in [-0.2, 0) is 4.74 Å². The summed E-state index contributed by atoms with van der Waals surface area (Å²) in [6, 6.07) is 0. The Labute approximate surface area is 143 Å². The Morgan fingerprint density at radius 2 is 0.870 bits per heavy atom. The van der Waals surface area contributed by atoms with Gasteiger partial charge in [-0.1, -0.05) is 0 Å². The molecule has 0 aromatic heterocycles. The van der Waals surface area contributed by atoms with Crippen LogP contribution in [0.3, 0.4) is 0 Å². The molecule has 0 spiro atoms. The molecule has 1 unspecified atom stereocenters. The Morgan fingerprint density at radius 3 is 0.957 bits per heavy atom. The minimum atomic E-state index is -2.17. The van der Waals surface area contributed by atoms with Crippen molar-refractivity contribution >= 4 is 47.0 Å². The fourth-order valence-electron chi connectivity index (χ4n) is 0.902. The maximum absolute atomic E-state index is 7.17. The van der Waals surface area contributed by atoms with Gasteiger partial charge in [0.05, 0.1) is 0 Å². The molecule has 0 radical (unpaired) electrons. The molecule has 0 aromatic rings. The van der Waals surface area contributed by atoms with E-state index in [-0.39, 0.29) is 0 Å². The van der Waals surface area contributed by atoms with Gasteiger partial charge >= 0.3 is 82.4 Å². The van der Waals surface area contributed by atoms with E-state index in [1.807, 2.05) is 0 Å². The summed E-state index contributed by atoms with van der Waals surface area (Å²) < 4.78 is 5.81. The molecule has 1 fully saturated rings. The van der Waals surface area contributed by atoms with Crippen molar-refractivity contribution in [1.29, 1.82) is 0 Å². The molecule has 1 rings (SSSR count). The Hall–Kier alpha value is 0.337. The predicted molar refractivity (Wildman–Crippen MR) is 79.0 cm³/mol. The van der Waals surface area contributed by atoms with Gasteiger partial charge in [0, 0.05) is 0 Å². The summed E-state index contributed by atoms with van der Waals surface area (Å²) in [5.41, 5.74) is 0. The van der Waals surface area contributed by atoms with Crippen LogP contribution in [0.2, 0.25) is 0 Å². The van der Waals surface area contributed by atoms with E-state index >= 15 is 0 Å². The van der Waals surface area contributed by atoms with Gasteiger partial charge in [-0.05, 0) is 0 Å². The first-order valence-corrected chi connectivity index (χ1v) is 6.11. The summed E-state index contributed by atoms with van der Waals surface area (Å²) in [4.78, 5) is 0. The maximum atomic E-state index is 7.17. The van der Waals surface area contributed by atoms with E-state index in [4.69, 9.17) is 65.0 Å². The average molecular weight is 339 g/mol. The summed E-state index contributed by atoms with van der Waals surface area (Å²) in [5, 5.41) is 86.0. The average Bonchev–Trinajstić information content (AvgIpc) is 2.26. The van der Waals surface area contributed by atoms with Gasteiger partial charge in [0.25, 0.3) is 0 Å². The van der Waals surface area contributed by atoms with Gasteiger partial charge in [-0.15, -0.1) is 0 Å². The number of hydrogen-bond acceptors (Lipinski definition) is 13. The molecule has 0 bridgehead atoms. The number of hydrogen-bond donors (Lipinski definition) is 12. The van der Waals surface area contributed by atoms with E-state index in [1.54, 1.807) is 0 Å². The standard InChI is InChI=1S/C5H9O.4BH3O3.Li/c1-2-4-6-5-3-1;4*2-1(3)4;/h4H,1-3,5H2;4*2-4H;. The molecule has 18 heteroatoms. The van der Waals surface area contributed by atoms with Gasteiger partial charge in [0.2, 0.25) is 0 Å². The molecule has 0 amide bonds. The first-order chi connectivity index (χ1) is 10.3. The first kappa shape index (κ1) is 31.1. The fourth-order valence-corrected chi connectivity index (χ4v) is 0.902. The third-order valence-electron chi connectivity index (χ3n) is 1.41. The quantitative estimate of drug-likeness (QED) is 0.183. The molecular formula is C5H21B4LiO13. The number of rotatable bonds is 0. The van der Waals surface area contributed by atoms with Crippen LogP contribution >= 0.6 is 0 Å². The van der Waals surface area contributed by atoms with Crippen LogP contribution in [0.4, 0.5) is 0 Å². The molecule has 0 aromatic carbocycles. The SMILES string of the molecule is OB(O)O.OB(O)O.OB(O)O.OB(O)O.[Li][CH]1CCCCO1. The van der Waals surface area contributed by atoms with E-state index in [2.05, 4.69) is 17.7 Å². The molecule has 1 aliphatic heterocycles. The van der Waals surface area contributed by atoms with Gasteiger partial charge in [0.15, 0.2) is 0 Å². The minimum absolute atomic E-state index is 0.536. The van der Waals surface area contributed by atoms with Crippen LogP contribution < -0.4 is 0 Å². The molecule has 0 saturated carbocycles. The summed E-state index contributed by atoms with van der Waals surface area (Å²) in [6.45, 7) is 0.987. The molecule has 1 atom stereocenters. The van der Waals surface area contributed by atoms with E-state index < -0.39 is 29.3 Å². The molecule has 1 heterocycles. The molecule has 12 N–H and O–H groups in total. The van der Waals surface area contributed by atoms with Crippen LogP contribution in [0.25, 0.3) is 0 Å². The second-order valence-electron chi connectivity index (χ2n) is 3.56. The van der Waals surface area contributed by atoms with Gasteiger partial charge in [0.1, 0.15) is 0 Å². The van der Waals surface area contributed by atoms with Crippen molar-refractivity contribution in [3.63, 3.8) is 0 Å². The van der Waals surface area contributed by atoms with Crippen molar-refractivity contribution < 1.29 is 65.0 Å². The van der Waals surface area contributed by atoms with Crippen molar-refractivity contribution in [2.45, 2.75) is 24.0 Å². The normalized spacial score (nSPS) is 14.8. The third-order valence-corrected chi connectivity index (χ3v) is 1.41. The van der Waals surface area contributed by atoms with Crippen LogP contribution in [-0.4, -0.2) is 119 Å². The second kappa shape index (κ2) is 24.6. The molecule has 23 heavy (non-hydrogen) atoms. The Morgan fingerprint density at radius 1 is 0.609 bits per heavy atom. The van der Waals surface area contributed by atoms with Crippen molar-refractivity contribution in [2.75, 3.05) is 6.61 Å². The van der Waals surface area contributed by atoms with Crippen molar-refractivity contribution in [3.8, 4) is 0 Å². The van der Waals surface area contributed by atoms with Gasteiger partial charge in [-0.25, -0.2) is 0 Å². The Balaban J connectivity index is -0.000000102. The van der Waals surface area contributed by atoms with E-state index in [0.717, 1.165) is 6.61 Å². The monoisotopic (exact) mass is 340 g/mol. The van der Waals surface area contributed by atoms with Gasteiger partial charge < -0.3 is 60.3 Å². The zero-order valence-corrected chi connectivity index (χ0v) is 12.5. The van der Waals surface area contributed by atoms with Crippen LogP contribution in [0.15, 0.2) is 0 Å². The molecule has 132 valence electrons. The molecular weight excluding hydrogens is 318 g/mol. The van der Waals surface area contributed by atoms with Crippen LogP contribution in [0, 0.1) is 0 Å². The second-order valence-corrected chi connectivity index (χ2v) is 3.56. The molecule has 1 aliphatic rings.